The maximum atomic E-state index is 2.57. The van der Waals surface area contributed by atoms with Crippen LogP contribution >= 0.6 is 11.3 Å². The minimum Gasteiger partial charge on any atom is -0.313 e. The molecule has 2 aromatic heterocycles. The molecule has 0 aliphatic heterocycles. The molecule has 0 N–H and O–H groups in total. The molecule has 0 saturated heterocycles. The maximum Gasteiger partial charge on any atom is 0.0544 e. The topological polar surface area (TPSA) is 4.93 Å². The number of rotatable bonds is 2. The van der Waals surface area contributed by atoms with Gasteiger partial charge in [0.15, 0.2) is 0 Å². The van der Waals surface area contributed by atoms with Crippen LogP contribution in [-0.2, 0) is 11.8 Å². The van der Waals surface area contributed by atoms with Gasteiger partial charge in [-0.15, -0.1) is 11.3 Å². The number of nitrogens with zero attached hydrogens (tertiary/aromatic N) is 1. The molecule has 0 unspecified atom stereocenters. The number of hydrogen-bond donors (Lipinski definition) is 0. The van der Waals surface area contributed by atoms with Gasteiger partial charge in [0.2, 0.25) is 0 Å². The van der Waals surface area contributed by atoms with Gasteiger partial charge in [0.25, 0.3) is 0 Å². The Kier molecular flexibility index (Phi) is 4.97. The van der Waals surface area contributed by atoms with E-state index in [4.69, 9.17) is 0 Å². The molecular weight excluding hydrogens is 515 g/mol. The van der Waals surface area contributed by atoms with Gasteiger partial charge in [0.05, 0.1) is 11.0 Å². The molecule has 2 heterocycles. The summed E-state index contributed by atoms with van der Waals surface area (Å²) < 4.78 is 4.03. The van der Waals surface area contributed by atoms with Crippen molar-refractivity contribution in [3.63, 3.8) is 0 Å². The lowest BCUT2D eigenvalue weighted by Gasteiger charge is -2.24. The smallest absolute Gasteiger partial charge is 0.0544 e. The largest absolute Gasteiger partial charge is 0.313 e. The molecule has 0 bridgehead atoms. The van der Waals surface area contributed by atoms with Crippen LogP contribution in [0.2, 0.25) is 0 Å². The van der Waals surface area contributed by atoms with Crippen LogP contribution < -0.4 is 0 Å². The van der Waals surface area contributed by atoms with Crippen molar-refractivity contribution in [2.45, 2.75) is 57.8 Å². The van der Waals surface area contributed by atoms with Crippen molar-refractivity contribution in [3.8, 4) is 0 Å². The van der Waals surface area contributed by atoms with E-state index in [9.17, 15) is 0 Å². The van der Waals surface area contributed by atoms with Crippen LogP contribution in [-0.4, -0.2) is 4.57 Å². The fraction of sp³-hybridized carbons (Fsp3) is 0.231. The number of aromatic nitrogens is 1. The van der Waals surface area contributed by atoms with E-state index in [0.717, 1.165) is 25.7 Å². The van der Waals surface area contributed by atoms with Gasteiger partial charge in [-0.3, -0.25) is 0 Å². The highest BCUT2D eigenvalue weighted by Crippen LogP contribution is 2.54. The van der Waals surface area contributed by atoms with E-state index in [1.54, 1.807) is 10.5 Å². The van der Waals surface area contributed by atoms with Crippen LogP contribution in [0.15, 0.2) is 90.6 Å². The molecular formula is C39H33NS. The zero-order chi connectivity index (χ0) is 27.3. The van der Waals surface area contributed by atoms with E-state index in [1.807, 2.05) is 11.3 Å². The predicted octanol–water partition coefficient (Wildman–Crippen LogP) is 11.1. The molecule has 0 amide bonds. The van der Waals surface area contributed by atoms with Crippen LogP contribution in [0.4, 0.5) is 0 Å². The summed E-state index contributed by atoms with van der Waals surface area (Å²) in [5.74, 6) is 0. The summed E-state index contributed by atoms with van der Waals surface area (Å²) in [4.78, 5) is 1.55. The molecule has 0 atom stereocenters. The van der Waals surface area contributed by atoms with E-state index in [1.165, 1.54) is 83.8 Å². The molecule has 0 fully saturated rings. The molecule has 0 saturated carbocycles. The van der Waals surface area contributed by atoms with Gasteiger partial charge < -0.3 is 4.57 Å². The third kappa shape index (κ3) is 3.23. The van der Waals surface area contributed by atoms with Crippen LogP contribution in [0.1, 0.15) is 73.1 Å². The summed E-state index contributed by atoms with van der Waals surface area (Å²) >= 11 is 2.02. The van der Waals surface area contributed by atoms with Gasteiger partial charge in [-0.05, 0) is 95.7 Å². The average molecular weight is 548 g/mol. The Bertz CT molecular complexity index is 2110. The quantitative estimate of drug-likeness (QED) is 0.207. The second-order valence-corrected chi connectivity index (χ2v) is 13.7. The van der Waals surface area contributed by atoms with Gasteiger partial charge in [0.1, 0.15) is 0 Å². The highest BCUT2D eigenvalue weighted by Gasteiger charge is 2.39. The van der Waals surface area contributed by atoms with E-state index in [0.29, 0.717) is 0 Å². The Morgan fingerprint density at radius 3 is 2.51 bits per heavy atom. The number of aryl methyl sites for hydroxylation is 1. The third-order valence-corrected chi connectivity index (χ3v) is 11.4. The molecule has 0 spiro atoms. The summed E-state index contributed by atoms with van der Waals surface area (Å²) in [6.45, 7) is 4.82. The Hall–Kier alpha value is -3.88. The lowest BCUT2D eigenvalue weighted by molar-refractivity contribution is 0.652. The zero-order valence-corrected chi connectivity index (χ0v) is 24.6. The summed E-state index contributed by atoms with van der Waals surface area (Å²) in [6.07, 6.45) is 21.0. The van der Waals surface area contributed by atoms with Gasteiger partial charge in [-0.25, -0.2) is 0 Å². The molecule has 41 heavy (non-hydrogen) atoms. The van der Waals surface area contributed by atoms with Crippen molar-refractivity contribution in [2.24, 2.45) is 0 Å². The van der Waals surface area contributed by atoms with Crippen LogP contribution in [0.5, 0.6) is 0 Å². The van der Waals surface area contributed by atoms with Gasteiger partial charge in [-0.2, -0.15) is 0 Å². The number of hydrogen-bond acceptors (Lipinski definition) is 1. The molecule has 4 aliphatic carbocycles. The molecule has 3 aromatic carbocycles. The highest BCUT2D eigenvalue weighted by molar-refractivity contribution is 7.19. The first-order chi connectivity index (χ1) is 20.1. The minimum absolute atomic E-state index is 0.0541. The Morgan fingerprint density at radius 1 is 0.756 bits per heavy atom. The number of para-hydroxylation sites is 1. The standard InChI is InChI=1S/C39H33NS/c1-39(2)31-15-6-3-11-29(31)36-32(39)22-23-34-37(36)30-12-4-7-16-33(30)40(34)25-20-18-24(19-21-25)26-13-9-14-28-27-10-5-8-17-35(27)41-38(26)28/h4-7,9-10,12-16,18,20,22-23H,3,8,11,17,19,21H2,1-2H3. The van der Waals surface area contributed by atoms with E-state index >= 15 is 0 Å². The Labute approximate surface area is 245 Å². The Morgan fingerprint density at radius 2 is 1.61 bits per heavy atom. The average Bonchev–Trinajstić information content (AvgIpc) is 3.63. The second kappa shape index (κ2) is 8.57. The molecule has 2 heteroatoms. The van der Waals surface area contributed by atoms with Crippen molar-refractivity contribution in [1.29, 1.82) is 0 Å². The maximum absolute atomic E-state index is 2.57. The van der Waals surface area contributed by atoms with E-state index in [2.05, 4.69) is 109 Å². The van der Waals surface area contributed by atoms with Crippen molar-refractivity contribution in [1.82, 2.24) is 4.57 Å². The SMILES string of the molecule is CC1(C)C2=C(CCC=C2)c2c1ccc1c2c2ccccc2n1C1=CC=C(c2cccc3c4c(sc23)CCC=C4)CC1. The van der Waals surface area contributed by atoms with E-state index in [-0.39, 0.29) is 5.41 Å². The lowest BCUT2D eigenvalue weighted by Crippen LogP contribution is -2.16. The molecule has 1 nitrogen and oxygen atoms in total. The van der Waals surface area contributed by atoms with Crippen LogP contribution in [0, 0.1) is 0 Å². The number of fused-ring (bicyclic) bond motifs is 9. The van der Waals surface area contributed by atoms with E-state index < -0.39 is 0 Å². The second-order valence-electron chi connectivity index (χ2n) is 12.6. The van der Waals surface area contributed by atoms with Gasteiger partial charge in [-0.1, -0.05) is 86.7 Å². The molecule has 200 valence electrons. The molecule has 0 radical (unpaired) electrons. The monoisotopic (exact) mass is 547 g/mol. The summed E-state index contributed by atoms with van der Waals surface area (Å²) in [6, 6.07) is 20.8. The fourth-order valence-corrected chi connectivity index (χ4v) is 9.47. The minimum atomic E-state index is 0.0541. The lowest BCUT2D eigenvalue weighted by atomic mass is 9.80. The fourth-order valence-electron chi connectivity index (χ4n) is 8.12. The third-order valence-electron chi connectivity index (χ3n) is 10.1. The number of benzene rings is 3. The van der Waals surface area contributed by atoms with Gasteiger partial charge >= 0.3 is 0 Å². The van der Waals surface area contributed by atoms with Crippen molar-refractivity contribution >= 4 is 66.1 Å². The normalized spacial score (nSPS) is 19.1. The van der Waals surface area contributed by atoms with Crippen LogP contribution in [0.3, 0.4) is 0 Å². The van der Waals surface area contributed by atoms with Crippen molar-refractivity contribution < 1.29 is 0 Å². The highest BCUT2D eigenvalue weighted by atomic mass is 32.1. The van der Waals surface area contributed by atoms with Crippen molar-refractivity contribution in [3.05, 3.63) is 118 Å². The molecule has 4 aliphatic rings. The summed E-state index contributed by atoms with van der Waals surface area (Å²) in [7, 11) is 0. The van der Waals surface area contributed by atoms with Crippen molar-refractivity contribution in [2.75, 3.05) is 0 Å². The molecule has 9 rings (SSSR count). The predicted molar refractivity (Wildman–Crippen MR) is 178 cm³/mol. The number of thiophene rings is 1. The first kappa shape index (κ1) is 23.8. The van der Waals surface area contributed by atoms with Gasteiger partial charge in [0, 0.05) is 36.8 Å². The first-order valence-corrected chi connectivity index (χ1v) is 16.0. The summed E-state index contributed by atoms with van der Waals surface area (Å²) in [5, 5.41) is 4.26. The first-order valence-electron chi connectivity index (χ1n) is 15.2. The molecule has 5 aromatic rings. The van der Waals surface area contributed by atoms with Crippen LogP contribution in [0.25, 0.3) is 54.8 Å². The Balaban J connectivity index is 1.23. The number of allylic oxidation sites excluding steroid dienone is 9. The summed E-state index contributed by atoms with van der Waals surface area (Å²) in [5.41, 5.74) is 14.6. The zero-order valence-electron chi connectivity index (χ0n) is 23.8.